The molecule has 25 heavy (non-hydrogen) atoms. The summed E-state index contributed by atoms with van der Waals surface area (Å²) in [5, 5.41) is 0.519. The van der Waals surface area contributed by atoms with Crippen molar-refractivity contribution in [1.82, 2.24) is 13.9 Å². The quantitative estimate of drug-likeness (QED) is 0.653. The van der Waals surface area contributed by atoms with Gasteiger partial charge in [0.25, 0.3) is 10.0 Å². The molecule has 3 aromatic rings. The van der Waals surface area contributed by atoms with Crippen LogP contribution in [0.4, 0.5) is 0 Å². The smallest absolute Gasteiger partial charge is 0.263 e. The first-order valence-corrected chi connectivity index (χ1v) is 9.46. The van der Waals surface area contributed by atoms with Crippen LogP contribution in [0.25, 0.3) is 11.3 Å². The second-order valence-electron chi connectivity index (χ2n) is 5.49. The molecule has 0 aliphatic heterocycles. The Morgan fingerprint density at radius 3 is 2.44 bits per heavy atom. The van der Waals surface area contributed by atoms with Crippen molar-refractivity contribution >= 4 is 33.2 Å². The van der Waals surface area contributed by atoms with Crippen LogP contribution in [0.2, 0.25) is 10.2 Å². The monoisotopic (exact) mass is 399 g/mol. The first kappa shape index (κ1) is 18.0. The van der Waals surface area contributed by atoms with Gasteiger partial charge in [-0.1, -0.05) is 23.2 Å². The van der Waals surface area contributed by atoms with Crippen LogP contribution in [0.1, 0.15) is 5.76 Å². The van der Waals surface area contributed by atoms with Gasteiger partial charge in [0, 0.05) is 24.7 Å². The molecular weight excluding hydrogens is 385 g/mol. The Labute approximate surface area is 155 Å². The molecule has 0 saturated carbocycles. The molecule has 0 radical (unpaired) electrons. The Kier molecular flexibility index (Phi) is 4.92. The van der Waals surface area contributed by atoms with Crippen LogP contribution in [-0.2, 0) is 23.6 Å². The molecule has 0 saturated heterocycles. The minimum absolute atomic E-state index is 0.0584. The van der Waals surface area contributed by atoms with Gasteiger partial charge in [-0.2, -0.15) is 4.31 Å². The lowest BCUT2D eigenvalue weighted by atomic mass is 10.2. The van der Waals surface area contributed by atoms with Crippen LogP contribution < -0.4 is 0 Å². The number of sulfonamides is 1. The first-order chi connectivity index (χ1) is 11.8. The fraction of sp³-hybridized carbons (Fsp3) is 0.188. The van der Waals surface area contributed by atoms with Crippen LogP contribution in [-0.4, -0.2) is 29.3 Å². The Bertz CT molecular complexity index is 994. The molecule has 0 aliphatic rings. The van der Waals surface area contributed by atoms with Gasteiger partial charge in [-0.3, -0.25) is 0 Å². The minimum Gasteiger partial charge on any atom is -0.460 e. The van der Waals surface area contributed by atoms with Crippen LogP contribution in [0, 0.1) is 0 Å². The van der Waals surface area contributed by atoms with Crippen LogP contribution in [0.15, 0.2) is 52.2 Å². The summed E-state index contributed by atoms with van der Waals surface area (Å²) in [6.07, 6.45) is 1.36. The van der Waals surface area contributed by atoms with Crippen molar-refractivity contribution in [2.24, 2.45) is 7.05 Å². The number of furan rings is 1. The molecule has 6 nitrogen and oxygen atoms in total. The lowest BCUT2D eigenvalue weighted by molar-refractivity contribution is 0.409. The third-order valence-electron chi connectivity index (χ3n) is 3.66. The number of rotatable bonds is 5. The molecule has 2 heterocycles. The third kappa shape index (κ3) is 3.59. The van der Waals surface area contributed by atoms with Crippen LogP contribution in [0.5, 0.6) is 0 Å². The molecule has 0 N–H and O–H groups in total. The Hall–Kier alpha value is -1.80. The molecule has 0 aliphatic carbocycles. The van der Waals surface area contributed by atoms with E-state index in [0.717, 1.165) is 9.87 Å². The molecule has 0 unspecified atom stereocenters. The molecule has 2 aromatic heterocycles. The maximum Gasteiger partial charge on any atom is 0.263 e. The number of hydrogen-bond acceptors (Lipinski definition) is 4. The molecule has 0 fully saturated rings. The van der Waals surface area contributed by atoms with Crippen molar-refractivity contribution in [2.75, 3.05) is 7.05 Å². The van der Waals surface area contributed by atoms with Crippen molar-refractivity contribution in [1.29, 1.82) is 0 Å². The highest BCUT2D eigenvalue weighted by molar-refractivity contribution is 7.89. The second-order valence-corrected chi connectivity index (χ2v) is 8.24. The van der Waals surface area contributed by atoms with E-state index in [1.807, 2.05) is 12.1 Å². The molecular formula is C16H15Cl2N3O3S. The number of aromatic nitrogens is 2. The largest absolute Gasteiger partial charge is 0.460 e. The topological polar surface area (TPSA) is 68.3 Å². The zero-order valence-corrected chi connectivity index (χ0v) is 15.8. The maximum absolute atomic E-state index is 12.6. The zero-order valence-electron chi connectivity index (χ0n) is 13.5. The number of halogens is 2. The molecule has 0 amide bonds. The van der Waals surface area contributed by atoms with Gasteiger partial charge in [-0.15, -0.1) is 0 Å². The summed E-state index contributed by atoms with van der Waals surface area (Å²) in [4.78, 5) is 3.87. The summed E-state index contributed by atoms with van der Waals surface area (Å²) < 4.78 is 33.5. The van der Waals surface area contributed by atoms with Crippen molar-refractivity contribution < 1.29 is 12.8 Å². The van der Waals surface area contributed by atoms with Gasteiger partial charge in [0.05, 0.1) is 12.9 Å². The molecule has 132 valence electrons. The first-order valence-electron chi connectivity index (χ1n) is 7.27. The molecule has 0 atom stereocenters. The van der Waals surface area contributed by atoms with Gasteiger partial charge < -0.3 is 8.98 Å². The predicted octanol–water partition coefficient (Wildman–Crippen LogP) is 3.81. The van der Waals surface area contributed by atoms with Crippen LogP contribution in [0.3, 0.4) is 0 Å². The Morgan fingerprint density at radius 2 is 1.84 bits per heavy atom. The lowest BCUT2D eigenvalue weighted by Crippen LogP contribution is -2.27. The molecule has 0 bridgehead atoms. The third-order valence-corrected chi connectivity index (χ3v) is 6.20. The van der Waals surface area contributed by atoms with Crippen LogP contribution >= 0.6 is 23.2 Å². The lowest BCUT2D eigenvalue weighted by Gasteiger charge is -2.14. The average molecular weight is 400 g/mol. The molecule has 1 aromatic carbocycles. The van der Waals surface area contributed by atoms with E-state index in [4.69, 9.17) is 27.6 Å². The summed E-state index contributed by atoms with van der Waals surface area (Å²) in [5.41, 5.74) is 0.855. The van der Waals surface area contributed by atoms with Gasteiger partial charge in [-0.25, -0.2) is 13.4 Å². The fourth-order valence-corrected chi connectivity index (χ4v) is 3.89. The molecule has 9 heteroatoms. The highest BCUT2D eigenvalue weighted by Crippen LogP contribution is 2.26. The molecule has 3 rings (SSSR count). The highest BCUT2D eigenvalue weighted by Gasteiger charge is 2.28. The summed E-state index contributed by atoms with van der Waals surface area (Å²) in [5.74, 6) is 1.14. The number of aryl methyl sites for hydroxylation is 1. The number of nitrogens with zero attached hydrogens (tertiary/aromatic N) is 3. The van der Waals surface area contributed by atoms with E-state index in [9.17, 15) is 8.42 Å². The molecule has 0 spiro atoms. The SMILES string of the molecule is CN(Cc1ccc(-c2ccc(Cl)cc2)o1)S(=O)(=O)c1ncn(C)c1Cl. The van der Waals surface area contributed by atoms with Gasteiger partial charge in [0.2, 0.25) is 5.03 Å². The highest BCUT2D eigenvalue weighted by atomic mass is 35.5. The van der Waals surface area contributed by atoms with E-state index in [1.54, 1.807) is 31.3 Å². The van der Waals surface area contributed by atoms with Crippen molar-refractivity contribution in [3.63, 3.8) is 0 Å². The Morgan fingerprint density at radius 1 is 1.16 bits per heavy atom. The summed E-state index contributed by atoms with van der Waals surface area (Å²) in [7, 11) is -0.742. The summed E-state index contributed by atoms with van der Waals surface area (Å²) >= 11 is 11.9. The van der Waals surface area contributed by atoms with E-state index >= 15 is 0 Å². The van der Waals surface area contributed by atoms with E-state index in [1.165, 1.54) is 17.9 Å². The fourth-order valence-electron chi connectivity index (χ4n) is 2.25. The van der Waals surface area contributed by atoms with E-state index in [0.29, 0.717) is 16.5 Å². The van der Waals surface area contributed by atoms with Crippen molar-refractivity contribution in [2.45, 2.75) is 11.6 Å². The van der Waals surface area contributed by atoms with Gasteiger partial charge in [0.15, 0.2) is 0 Å². The van der Waals surface area contributed by atoms with E-state index < -0.39 is 10.0 Å². The normalized spacial score (nSPS) is 12.0. The maximum atomic E-state index is 12.6. The van der Waals surface area contributed by atoms with Crippen molar-refractivity contribution in [3.05, 3.63) is 58.7 Å². The zero-order chi connectivity index (χ0) is 18.2. The Balaban J connectivity index is 1.80. The van der Waals surface area contributed by atoms with Gasteiger partial charge >= 0.3 is 0 Å². The average Bonchev–Trinajstić information content (AvgIpc) is 3.16. The summed E-state index contributed by atoms with van der Waals surface area (Å²) in [6.45, 7) is 0.0584. The van der Waals surface area contributed by atoms with E-state index in [-0.39, 0.29) is 16.7 Å². The second kappa shape index (κ2) is 6.84. The summed E-state index contributed by atoms with van der Waals surface area (Å²) in [6, 6.07) is 10.7. The van der Waals surface area contributed by atoms with Gasteiger partial charge in [-0.05, 0) is 36.4 Å². The predicted molar refractivity (Wildman–Crippen MR) is 96.0 cm³/mol. The minimum atomic E-state index is -3.82. The standard InChI is InChI=1S/C16H15Cl2N3O3S/c1-20-10-19-16(15(20)18)25(22,23)21(2)9-13-7-8-14(24-13)11-3-5-12(17)6-4-11/h3-8,10H,9H2,1-2H3. The number of hydrogen-bond donors (Lipinski definition) is 0. The number of benzene rings is 1. The number of imidazole rings is 1. The van der Waals surface area contributed by atoms with Crippen molar-refractivity contribution in [3.8, 4) is 11.3 Å². The van der Waals surface area contributed by atoms with E-state index in [2.05, 4.69) is 4.98 Å². The van der Waals surface area contributed by atoms with Gasteiger partial charge in [0.1, 0.15) is 16.7 Å².